The Kier molecular flexibility index (Phi) is 4.73. The van der Waals surface area contributed by atoms with Crippen molar-refractivity contribution in [2.45, 2.75) is 32.7 Å². The highest BCUT2D eigenvalue weighted by molar-refractivity contribution is 7.91. The zero-order valence-electron chi connectivity index (χ0n) is 12.4. The second kappa shape index (κ2) is 6.16. The van der Waals surface area contributed by atoms with Crippen molar-refractivity contribution in [3.63, 3.8) is 0 Å². The SMILES string of the molecule is C=C(C)CN=C(NCC1CCS(=O)(=O)C1)NC1CC1C. The molecular weight excluding hydrogens is 274 g/mol. The van der Waals surface area contributed by atoms with E-state index in [0.717, 1.165) is 18.0 Å². The van der Waals surface area contributed by atoms with E-state index in [4.69, 9.17) is 0 Å². The summed E-state index contributed by atoms with van der Waals surface area (Å²) in [4.78, 5) is 4.48. The number of hydrogen-bond acceptors (Lipinski definition) is 3. The number of nitrogens with one attached hydrogen (secondary N) is 2. The molecule has 0 radical (unpaired) electrons. The molecule has 0 aromatic carbocycles. The van der Waals surface area contributed by atoms with Gasteiger partial charge in [0.15, 0.2) is 15.8 Å². The predicted molar refractivity (Wildman–Crippen MR) is 82.6 cm³/mol. The van der Waals surface area contributed by atoms with Crippen LogP contribution in [0.25, 0.3) is 0 Å². The molecule has 2 rings (SSSR count). The lowest BCUT2D eigenvalue weighted by Crippen LogP contribution is -2.41. The number of nitrogens with zero attached hydrogens (tertiary/aromatic N) is 1. The molecule has 3 atom stereocenters. The highest BCUT2D eigenvalue weighted by Crippen LogP contribution is 2.28. The van der Waals surface area contributed by atoms with Gasteiger partial charge in [-0.25, -0.2) is 13.4 Å². The van der Waals surface area contributed by atoms with Crippen molar-refractivity contribution in [3.8, 4) is 0 Å². The highest BCUT2D eigenvalue weighted by atomic mass is 32.2. The Morgan fingerprint density at radius 3 is 2.65 bits per heavy atom. The maximum Gasteiger partial charge on any atom is 0.191 e. The summed E-state index contributed by atoms with van der Waals surface area (Å²) in [6.45, 7) is 9.27. The third kappa shape index (κ3) is 4.81. The van der Waals surface area contributed by atoms with Gasteiger partial charge in [0.2, 0.25) is 0 Å². The van der Waals surface area contributed by atoms with Crippen LogP contribution in [0.1, 0.15) is 26.7 Å². The summed E-state index contributed by atoms with van der Waals surface area (Å²) < 4.78 is 22.9. The van der Waals surface area contributed by atoms with Crippen molar-refractivity contribution in [1.29, 1.82) is 0 Å². The molecule has 0 amide bonds. The Morgan fingerprint density at radius 1 is 1.45 bits per heavy atom. The maximum absolute atomic E-state index is 11.4. The molecule has 0 bridgehead atoms. The molecule has 2 N–H and O–H groups in total. The number of hydrogen-bond donors (Lipinski definition) is 2. The van der Waals surface area contributed by atoms with Gasteiger partial charge in [-0.15, -0.1) is 0 Å². The highest BCUT2D eigenvalue weighted by Gasteiger charge is 2.33. The summed E-state index contributed by atoms with van der Waals surface area (Å²) in [6.07, 6.45) is 1.93. The van der Waals surface area contributed by atoms with E-state index in [-0.39, 0.29) is 5.92 Å². The summed E-state index contributed by atoms with van der Waals surface area (Å²) in [5.74, 6) is 2.30. The van der Waals surface area contributed by atoms with E-state index >= 15 is 0 Å². The van der Waals surface area contributed by atoms with Gasteiger partial charge in [-0.1, -0.05) is 19.1 Å². The number of guanidine groups is 1. The molecule has 3 unspecified atom stereocenters. The molecule has 2 aliphatic rings. The second-order valence-electron chi connectivity index (χ2n) is 6.24. The first-order valence-corrected chi connectivity index (χ1v) is 9.07. The minimum atomic E-state index is -2.80. The topological polar surface area (TPSA) is 70.6 Å². The molecule has 0 aromatic rings. The molecule has 1 heterocycles. The zero-order valence-corrected chi connectivity index (χ0v) is 13.2. The van der Waals surface area contributed by atoms with E-state index in [1.165, 1.54) is 6.42 Å². The first-order chi connectivity index (χ1) is 9.35. The Labute approximate surface area is 121 Å². The van der Waals surface area contributed by atoms with Crippen molar-refractivity contribution in [2.75, 3.05) is 24.6 Å². The zero-order chi connectivity index (χ0) is 14.8. The molecule has 1 aliphatic heterocycles. The fraction of sp³-hybridized carbons (Fsp3) is 0.786. The molecule has 6 heteroatoms. The molecule has 1 aliphatic carbocycles. The molecule has 5 nitrogen and oxygen atoms in total. The molecule has 1 saturated carbocycles. The third-order valence-electron chi connectivity index (χ3n) is 3.82. The van der Waals surface area contributed by atoms with Crippen molar-refractivity contribution in [3.05, 3.63) is 12.2 Å². The first kappa shape index (κ1) is 15.4. The molecule has 20 heavy (non-hydrogen) atoms. The number of aliphatic imine (C=N–C) groups is 1. The second-order valence-corrected chi connectivity index (χ2v) is 8.46. The van der Waals surface area contributed by atoms with Crippen molar-refractivity contribution < 1.29 is 8.42 Å². The van der Waals surface area contributed by atoms with Crippen LogP contribution in [0.4, 0.5) is 0 Å². The normalized spacial score (nSPS) is 31.9. The van der Waals surface area contributed by atoms with Gasteiger partial charge in [0.1, 0.15) is 0 Å². The van der Waals surface area contributed by atoms with Crippen molar-refractivity contribution in [1.82, 2.24) is 10.6 Å². The van der Waals surface area contributed by atoms with Crippen LogP contribution < -0.4 is 10.6 Å². The van der Waals surface area contributed by atoms with E-state index in [0.29, 0.717) is 36.6 Å². The van der Waals surface area contributed by atoms with Crippen molar-refractivity contribution in [2.24, 2.45) is 16.8 Å². The number of sulfone groups is 1. The van der Waals surface area contributed by atoms with Crippen LogP contribution in [-0.4, -0.2) is 45.0 Å². The van der Waals surface area contributed by atoms with Crippen LogP contribution in [-0.2, 0) is 9.84 Å². The van der Waals surface area contributed by atoms with Crippen LogP contribution in [0.15, 0.2) is 17.1 Å². The monoisotopic (exact) mass is 299 g/mol. The Balaban J connectivity index is 1.84. The third-order valence-corrected chi connectivity index (χ3v) is 5.66. The van der Waals surface area contributed by atoms with E-state index in [2.05, 4.69) is 29.1 Å². The van der Waals surface area contributed by atoms with Crippen LogP contribution in [0.2, 0.25) is 0 Å². The summed E-state index contributed by atoms with van der Waals surface area (Å²) in [7, 11) is -2.80. The van der Waals surface area contributed by atoms with E-state index in [1.807, 2.05) is 6.92 Å². The molecule has 1 saturated heterocycles. The minimum Gasteiger partial charge on any atom is -0.356 e. The van der Waals surface area contributed by atoms with Gasteiger partial charge in [0.25, 0.3) is 0 Å². The summed E-state index contributed by atoms with van der Waals surface area (Å²) in [6, 6.07) is 0.499. The van der Waals surface area contributed by atoms with Crippen molar-refractivity contribution >= 4 is 15.8 Å². The van der Waals surface area contributed by atoms with Gasteiger partial charge < -0.3 is 10.6 Å². The quantitative estimate of drug-likeness (QED) is 0.450. The van der Waals surface area contributed by atoms with Gasteiger partial charge in [-0.05, 0) is 31.6 Å². The Morgan fingerprint density at radius 2 is 2.15 bits per heavy atom. The average molecular weight is 299 g/mol. The van der Waals surface area contributed by atoms with Crippen LogP contribution in [0, 0.1) is 11.8 Å². The molecule has 2 fully saturated rings. The standard InChI is InChI=1S/C14H25N3O2S/c1-10(2)7-15-14(17-13-6-11(13)3)16-8-12-4-5-20(18,19)9-12/h11-13H,1,4-9H2,2-3H3,(H2,15,16,17). The van der Waals surface area contributed by atoms with Gasteiger partial charge >= 0.3 is 0 Å². The average Bonchev–Trinajstić information content (AvgIpc) is 2.92. The smallest absolute Gasteiger partial charge is 0.191 e. The molecule has 0 spiro atoms. The first-order valence-electron chi connectivity index (χ1n) is 7.25. The fourth-order valence-corrected chi connectivity index (χ4v) is 4.20. The predicted octanol–water partition coefficient (Wildman–Crippen LogP) is 0.941. The summed E-state index contributed by atoms with van der Waals surface area (Å²) >= 11 is 0. The molecule has 114 valence electrons. The summed E-state index contributed by atoms with van der Waals surface area (Å²) in [5, 5.41) is 6.67. The van der Waals surface area contributed by atoms with E-state index < -0.39 is 9.84 Å². The fourth-order valence-electron chi connectivity index (χ4n) is 2.34. The van der Waals surface area contributed by atoms with E-state index in [9.17, 15) is 8.42 Å². The lowest BCUT2D eigenvalue weighted by Gasteiger charge is -2.15. The van der Waals surface area contributed by atoms with Gasteiger partial charge in [-0.2, -0.15) is 0 Å². The minimum absolute atomic E-state index is 0.202. The molecular formula is C14H25N3O2S. The lowest BCUT2D eigenvalue weighted by atomic mass is 10.1. The Hall–Kier alpha value is -1.04. The van der Waals surface area contributed by atoms with Gasteiger partial charge in [0, 0.05) is 12.6 Å². The maximum atomic E-state index is 11.4. The Bertz CT molecular complexity index is 499. The van der Waals surface area contributed by atoms with Crippen LogP contribution >= 0.6 is 0 Å². The summed E-state index contributed by atoms with van der Waals surface area (Å²) in [5.41, 5.74) is 1.01. The van der Waals surface area contributed by atoms with Gasteiger partial charge in [-0.3, -0.25) is 0 Å². The van der Waals surface area contributed by atoms with Gasteiger partial charge in [0.05, 0.1) is 18.1 Å². The largest absolute Gasteiger partial charge is 0.356 e. The molecule has 0 aromatic heterocycles. The van der Waals surface area contributed by atoms with Crippen LogP contribution in [0.5, 0.6) is 0 Å². The number of rotatable bonds is 5. The van der Waals surface area contributed by atoms with E-state index in [1.54, 1.807) is 0 Å². The van der Waals surface area contributed by atoms with Crippen LogP contribution in [0.3, 0.4) is 0 Å². The lowest BCUT2D eigenvalue weighted by molar-refractivity contribution is 0.566.